The second-order valence-electron chi connectivity index (χ2n) is 5.12. The molecular formula is C11H24OS. The molecule has 0 aliphatic heterocycles. The van der Waals surface area contributed by atoms with Crippen LogP contribution in [0.4, 0.5) is 0 Å². The van der Waals surface area contributed by atoms with Crippen LogP contribution in [0.3, 0.4) is 0 Å². The molecule has 0 spiro atoms. The van der Waals surface area contributed by atoms with Crippen LogP contribution in [0, 0.1) is 0 Å². The average molecular weight is 204 g/mol. The van der Waals surface area contributed by atoms with Crippen LogP contribution in [0.25, 0.3) is 0 Å². The van der Waals surface area contributed by atoms with Gasteiger partial charge >= 0.3 is 0 Å². The van der Waals surface area contributed by atoms with Crippen molar-refractivity contribution in [3.8, 4) is 0 Å². The summed E-state index contributed by atoms with van der Waals surface area (Å²) in [4.78, 5) is 0. The Morgan fingerprint density at radius 1 is 0.923 bits per heavy atom. The monoisotopic (exact) mass is 204 g/mol. The van der Waals surface area contributed by atoms with Crippen molar-refractivity contribution in [1.29, 1.82) is 0 Å². The third kappa shape index (κ3) is 2.80. The van der Waals surface area contributed by atoms with Gasteiger partial charge in [0.1, 0.15) is 0 Å². The third-order valence-corrected chi connectivity index (χ3v) is 6.78. The van der Waals surface area contributed by atoms with Crippen molar-refractivity contribution in [3.05, 3.63) is 0 Å². The largest absolute Gasteiger partial charge is 0.285 e. The van der Waals surface area contributed by atoms with E-state index in [9.17, 15) is 4.21 Å². The zero-order valence-electron chi connectivity index (χ0n) is 9.31. The SMILES string of the molecule is CC1([SH](C)(C)=O)CCCCCCC1. The van der Waals surface area contributed by atoms with Gasteiger partial charge in [-0.15, -0.1) is 9.93 Å². The van der Waals surface area contributed by atoms with E-state index in [0.717, 1.165) is 0 Å². The van der Waals surface area contributed by atoms with Crippen molar-refractivity contribution in [1.82, 2.24) is 0 Å². The van der Waals surface area contributed by atoms with Gasteiger partial charge in [-0.05, 0) is 32.3 Å². The van der Waals surface area contributed by atoms with Gasteiger partial charge in [0.2, 0.25) is 0 Å². The summed E-state index contributed by atoms with van der Waals surface area (Å²) in [6, 6.07) is 0. The molecule has 1 rings (SSSR count). The fraction of sp³-hybridized carbons (Fsp3) is 1.00. The Morgan fingerprint density at radius 3 is 1.69 bits per heavy atom. The Labute approximate surface area is 83.7 Å². The molecule has 1 fully saturated rings. The van der Waals surface area contributed by atoms with Gasteiger partial charge in [-0.1, -0.05) is 32.1 Å². The van der Waals surface area contributed by atoms with Crippen molar-refractivity contribution in [3.63, 3.8) is 0 Å². The second kappa shape index (κ2) is 4.12. The van der Waals surface area contributed by atoms with Gasteiger partial charge in [0.05, 0.1) is 0 Å². The first-order valence-corrected chi connectivity index (χ1v) is 8.11. The highest BCUT2D eigenvalue weighted by Crippen LogP contribution is 2.34. The van der Waals surface area contributed by atoms with Gasteiger partial charge in [-0.3, -0.25) is 4.21 Å². The van der Waals surface area contributed by atoms with Crippen LogP contribution in [-0.4, -0.2) is 21.5 Å². The number of rotatable bonds is 1. The lowest BCUT2D eigenvalue weighted by Gasteiger charge is -2.38. The summed E-state index contributed by atoms with van der Waals surface area (Å²) in [6.07, 6.45) is 12.9. The van der Waals surface area contributed by atoms with Crippen LogP contribution >= 0.6 is 0 Å². The number of hydrogen-bond donors (Lipinski definition) is 1. The lowest BCUT2D eigenvalue weighted by molar-refractivity contribution is 0.423. The van der Waals surface area contributed by atoms with Crippen molar-refractivity contribution >= 4 is 9.93 Å². The number of hydrogen-bond acceptors (Lipinski definition) is 1. The zero-order chi connectivity index (χ0) is 9.95. The highest BCUT2D eigenvalue weighted by Gasteiger charge is 2.32. The molecule has 0 amide bonds. The van der Waals surface area contributed by atoms with E-state index in [1.807, 2.05) is 12.5 Å². The molecule has 0 radical (unpaired) electrons. The predicted molar refractivity (Wildman–Crippen MR) is 62.1 cm³/mol. The molecule has 80 valence electrons. The molecule has 1 nitrogen and oxygen atoms in total. The molecule has 0 aromatic carbocycles. The van der Waals surface area contributed by atoms with Gasteiger partial charge in [0.25, 0.3) is 0 Å². The van der Waals surface area contributed by atoms with Crippen LogP contribution in [0.2, 0.25) is 0 Å². The van der Waals surface area contributed by atoms with Crippen LogP contribution in [0.5, 0.6) is 0 Å². The molecule has 0 atom stereocenters. The molecule has 0 aromatic rings. The summed E-state index contributed by atoms with van der Waals surface area (Å²) in [5.41, 5.74) is 0. The second-order valence-corrected chi connectivity index (χ2v) is 8.90. The highest BCUT2D eigenvalue weighted by molar-refractivity contribution is 8.03. The predicted octanol–water partition coefficient (Wildman–Crippen LogP) is 2.77. The van der Waals surface area contributed by atoms with Crippen LogP contribution in [0.15, 0.2) is 0 Å². The van der Waals surface area contributed by atoms with Crippen molar-refractivity contribution < 1.29 is 4.21 Å². The molecule has 1 aliphatic carbocycles. The van der Waals surface area contributed by atoms with Gasteiger partial charge < -0.3 is 0 Å². The standard InChI is InChI=1S/C11H24OS/c1-11(13(2,3)12)9-7-5-4-6-8-10-11/h13H,4-10H2,1-3H3. The summed E-state index contributed by atoms with van der Waals surface area (Å²) in [5, 5.41) is 0. The normalized spacial score (nSPS) is 26.1. The summed E-state index contributed by atoms with van der Waals surface area (Å²) in [7, 11) is -1.90. The lowest BCUT2D eigenvalue weighted by Crippen LogP contribution is -2.39. The zero-order valence-corrected chi connectivity index (χ0v) is 10.2. The molecule has 13 heavy (non-hydrogen) atoms. The summed E-state index contributed by atoms with van der Waals surface area (Å²) in [6.45, 7) is 2.24. The fourth-order valence-corrected chi connectivity index (χ4v) is 3.60. The maximum Gasteiger partial charge on any atom is 0.0206 e. The first kappa shape index (κ1) is 11.2. The molecule has 0 aromatic heterocycles. The molecule has 1 saturated carbocycles. The summed E-state index contributed by atoms with van der Waals surface area (Å²) in [5.74, 6) is 0. The van der Waals surface area contributed by atoms with Crippen LogP contribution < -0.4 is 0 Å². The van der Waals surface area contributed by atoms with Crippen molar-refractivity contribution in [2.75, 3.05) is 12.5 Å². The Kier molecular flexibility index (Phi) is 3.56. The maximum absolute atomic E-state index is 12.2. The highest BCUT2D eigenvalue weighted by atomic mass is 32.2. The van der Waals surface area contributed by atoms with Gasteiger partial charge in [0, 0.05) is 4.75 Å². The Balaban J connectivity index is 2.68. The molecule has 0 bridgehead atoms. The topological polar surface area (TPSA) is 17.1 Å². The minimum absolute atomic E-state index is 0.146. The minimum atomic E-state index is -1.90. The van der Waals surface area contributed by atoms with E-state index in [1.165, 1.54) is 44.9 Å². The summed E-state index contributed by atoms with van der Waals surface area (Å²) >= 11 is 0. The molecule has 0 saturated heterocycles. The number of thiol groups is 1. The Bertz CT molecular complexity index is 196. The van der Waals surface area contributed by atoms with Crippen molar-refractivity contribution in [2.45, 2.75) is 56.6 Å². The Morgan fingerprint density at radius 2 is 1.31 bits per heavy atom. The van der Waals surface area contributed by atoms with E-state index in [4.69, 9.17) is 0 Å². The van der Waals surface area contributed by atoms with E-state index in [-0.39, 0.29) is 4.75 Å². The lowest BCUT2D eigenvalue weighted by atomic mass is 9.92. The quantitative estimate of drug-likeness (QED) is 0.650. The molecule has 0 N–H and O–H groups in total. The fourth-order valence-electron chi connectivity index (χ4n) is 2.21. The molecule has 2 heteroatoms. The first-order chi connectivity index (χ1) is 5.96. The maximum atomic E-state index is 12.2. The Hall–Kier alpha value is 0.150. The van der Waals surface area contributed by atoms with E-state index < -0.39 is 9.93 Å². The molecule has 0 heterocycles. The van der Waals surface area contributed by atoms with Gasteiger partial charge in [-0.25, -0.2) is 0 Å². The minimum Gasteiger partial charge on any atom is -0.285 e. The van der Waals surface area contributed by atoms with Crippen molar-refractivity contribution in [2.24, 2.45) is 0 Å². The molecule has 1 aliphatic rings. The molecular weight excluding hydrogens is 180 g/mol. The van der Waals surface area contributed by atoms with E-state index >= 15 is 0 Å². The smallest absolute Gasteiger partial charge is 0.0206 e. The van der Waals surface area contributed by atoms with Gasteiger partial charge in [-0.2, -0.15) is 0 Å². The van der Waals surface area contributed by atoms with Crippen LogP contribution in [-0.2, 0) is 9.93 Å². The van der Waals surface area contributed by atoms with Gasteiger partial charge in [0.15, 0.2) is 0 Å². The third-order valence-electron chi connectivity index (χ3n) is 3.73. The van der Waals surface area contributed by atoms with Crippen LogP contribution in [0.1, 0.15) is 51.9 Å². The molecule has 0 unspecified atom stereocenters. The first-order valence-electron chi connectivity index (χ1n) is 5.51. The van der Waals surface area contributed by atoms with E-state index in [1.54, 1.807) is 0 Å². The van der Waals surface area contributed by atoms with E-state index in [2.05, 4.69) is 6.92 Å². The van der Waals surface area contributed by atoms with E-state index in [0.29, 0.717) is 0 Å². The summed E-state index contributed by atoms with van der Waals surface area (Å²) < 4.78 is 12.3. The average Bonchev–Trinajstić information content (AvgIpc) is 1.94.